The second-order valence-corrected chi connectivity index (χ2v) is 7.81. The van der Waals surface area contributed by atoms with E-state index in [0.717, 1.165) is 22.6 Å². The van der Waals surface area contributed by atoms with Crippen molar-refractivity contribution in [1.82, 2.24) is 0 Å². The molecule has 0 spiro atoms. The molecule has 0 aliphatic carbocycles. The summed E-state index contributed by atoms with van der Waals surface area (Å²) in [6.45, 7) is 4.16. The lowest BCUT2D eigenvalue weighted by molar-refractivity contribution is 0.104. The second kappa shape index (κ2) is 9.36. The van der Waals surface area contributed by atoms with Crippen LogP contribution in [0.1, 0.15) is 27.0 Å². The molecule has 0 atom stereocenters. The summed E-state index contributed by atoms with van der Waals surface area (Å²) in [6.07, 6.45) is 3.25. The van der Waals surface area contributed by atoms with Crippen LogP contribution in [0.2, 0.25) is 0 Å². The summed E-state index contributed by atoms with van der Waals surface area (Å²) < 4.78 is 0. The molecule has 1 N–H and O–H groups in total. The number of hydrogen-bond acceptors (Lipinski definition) is 3. The Bertz CT molecular complexity index is 1190. The van der Waals surface area contributed by atoms with Gasteiger partial charge in [0.25, 0.3) is 0 Å². The van der Waals surface area contributed by atoms with E-state index >= 15 is 0 Å². The van der Waals surface area contributed by atoms with Crippen LogP contribution < -0.4 is 4.90 Å². The lowest BCUT2D eigenvalue weighted by Gasteiger charge is -2.25. The third kappa shape index (κ3) is 4.79. The molecule has 4 rings (SSSR count). The topological polar surface area (TPSA) is 40.5 Å². The number of carbonyl (C=O) groups excluding carboxylic acids is 1. The molecule has 0 heterocycles. The minimum Gasteiger partial charge on any atom is -0.507 e. The minimum absolute atomic E-state index is 0.00987. The van der Waals surface area contributed by atoms with Crippen LogP contribution in [0.5, 0.6) is 5.75 Å². The van der Waals surface area contributed by atoms with Gasteiger partial charge < -0.3 is 10.0 Å². The molecule has 0 radical (unpaired) electrons. The summed E-state index contributed by atoms with van der Waals surface area (Å²) >= 11 is 0. The summed E-state index contributed by atoms with van der Waals surface area (Å²) in [4.78, 5) is 14.6. The van der Waals surface area contributed by atoms with Crippen LogP contribution in [0.4, 0.5) is 17.1 Å². The third-order valence-corrected chi connectivity index (χ3v) is 5.33. The van der Waals surface area contributed by atoms with E-state index in [1.807, 2.05) is 24.3 Å². The number of carbonyl (C=O) groups is 1. The smallest absolute Gasteiger partial charge is 0.189 e. The number of para-hydroxylation sites is 1. The van der Waals surface area contributed by atoms with Crippen molar-refractivity contribution in [2.45, 2.75) is 13.8 Å². The van der Waals surface area contributed by atoms with Crippen molar-refractivity contribution < 1.29 is 9.90 Å². The van der Waals surface area contributed by atoms with E-state index in [0.29, 0.717) is 5.56 Å². The average molecular weight is 420 g/mol. The van der Waals surface area contributed by atoms with Crippen LogP contribution >= 0.6 is 0 Å². The van der Waals surface area contributed by atoms with Gasteiger partial charge >= 0.3 is 0 Å². The maximum Gasteiger partial charge on any atom is 0.189 e. The van der Waals surface area contributed by atoms with E-state index < -0.39 is 0 Å². The Hall–Kier alpha value is -4.11. The molecule has 0 aliphatic rings. The van der Waals surface area contributed by atoms with Gasteiger partial charge in [0.2, 0.25) is 0 Å². The molecule has 3 heteroatoms. The molecule has 0 fully saturated rings. The zero-order chi connectivity index (χ0) is 22.5. The molecule has 0 saturated carbocycles. The van der Waals surface area contributed by atoms with E-state index in [2.05, 4.69) is 67.3 Å². The monoisotopic (exact) mass is 419 g/mol. The van der Waals surface area contributed by atoms with Crippen LogP contribution in [-0.2, 0) is 0 Å². The molecule has 0 unspecified atom stereocenters. The van der Waals surface area contributed by atoms with Gasteiger partial charge in [0, 0.05) is 17.1 Å². The number of aryl methyl sites for hydroxylation is 2. The highest BCUT2D eigenvalue weighted by molar-refractivity contribution is 6.08. The Labute approximate surface area is 188 Å². The van der Waals surface area contributed by atoms with E-state index in [9.17, 15) is 9.90 Å². The molecule has 0 aliphatic heterocycles. The Morgan fingerprint density at radius 1 is 0.688 bits per heavy atom. The number of phenolic OH excluding ortho intramolecular Hbond substituents is 1. The van der Waals surface area contributed by atoms with Crippen molar-refractivity contribution in [3.8, 4) is 5.75 Å². The number of aromatic hydroxyl groups is 1. The van der Waals surface area contributed by atoms with Gasteiger partial charge in [-0.15, -0.1) is 0 Å². The normalized spacial score (nSPS) is 10.9. The quantitative estimate of drug-likeness (QED) is 0.262. The van der Waals surface area contributed by atoms with Crippen molar-refractivity contribution >= 4 is 28.9 Å². The lowest BCUT2D eigenvalue weighted by atomic mass is 10.1. The molecule has 158 valence electrons. The first-order valence-electron chi connectivity index (χ1n) is 10.6. The molecule has 0 saturated heterocycles. The molecule has 32 heavy (non-hydrogen) atoms. The number of hydrogen-bond donors (Lipinski definition) is 1. The fourth-order valence-electron chi connectivity index (χ4n) is 3.51. The van der Waals surface area contributed by atoms with Crippen molar-refractivity contribution in [1.29, 1.82) is 0 Å². The fourth-order valence-corrected chi connectivity index (χ4v) is 3.51. The first-order valence-corrected chi connectivity index (χ1v) is 10.6. The Morgan fingerprint density at radius 3 is 1.66 bits per heavy atom. The van der Waals surface area contributed by atoms with Crippen molar-refractivity contribution in [3.05, 3.63) is 125 Å². The zero-order valence-corrected chi connectivity index (χ0v) is 18.2. The highest BCUT2D eigenvalue weighted by Crippen LogP contribution is 2.34. The summed E-state index contributed by atoms with van der Waals surface area (Å²) in [6, 6.07) is 31.5. The van der Waals surface area contributed by atoms with Crippen LogP contribution in [0, 0.1) is 13.8 Å². The highest BCUT2D eigenvalue weighted by atomic mass is 16.3. The number of ketones is 1. The maximum absolute atomic E-state index is 12.4. The summed E-state index contributed by atoms with van der Waals surface area (Å²) in [5.74, 6) is -0.238. The summed E-state index contributed by atoms with van der Waals surface area (Å²) in [7, 11) is 0. The van der Waals surface area contributed by atoms with Crippen molar-refractivity contribution in [3.63, 3.8) is 0 Å². The number of allylic oxidation sites excluding steroid dienone is 1. The van der Waals surface area contributed by atoms with Gasteiger partial charge in [0.1, 0.15) is 5.75 Å². The maximum atomic E-state index is 12.4. The Balaban J connectivity index is 1.62. The Kier molecular flexibility index (Phi) is 6.18. The standard InChI is InChI=1S/C29H25NO2/c1-21-7-14-24(15-8-21)30(25-16-9-22(2)10-17-25)26-18-11-23(12-19-26)13-20-29(32)27-5-3-4-6-28(27)31/h3-20,31H,1-2H3. The number of rotatable bonds is 6. The van der Waals surface area contributed by atoms with Crippen LogP contribution in [0.3, 0.4) is 0 Å². The van der Waals surface area contributed by atoms with Gasteiger partial charge in [-0.25, -0.2) is 0 Å². The molecular formula is C29H25NO2. The van der Waals surface area contributed by atoms with Gasteiger partial charge in [-0.1, -0.05) is 65.7 Å². The van der Waals surface area contributed by atoms with Crippen LogP contribution in [0.25, 0.3) is 6.08 Å². The molecule has 0 bridgehead atoms. The summed E-state index contributed by atoms with van der Waals surface area (Å²) in [5, 5.41) is 9.87. The predicted molar refractivity (Wildman–Crippen MR) is 132 cm³/mol. The molecule has 4 aromatic carbocycles. The third-order valence-electron chi connectivity index (χ3n) is 5.33. The van der Waals surface area contributed by atoms with Crippen molar-refractivity contribution in [2.75, 3.05) is 4.90 Å². The molecule has 4 aromatic rings. The molecule has 0 amide bonds. The molecular weight excluding hydrogens is 394 g/mol. The number of anilines is 3. The van der Waals surface area contributed by atoms with E-state index in [1.165, 1.54) is 23.3 Å². The molecule has 3 nitrogen and oxygen atoms in total. The first-order chi connectivity index (χ1) is 15.5. The minimum atomic E-state index is -0.229. The zero-order valence-electron chi connectivity index (χ0n) is 18.2. The summed E-state index contributed by atoms with van der Waals surface area (Å²) in [5.41, 5.74) is 6.83. The lowest BCUT2D eigenvalue weighted by Crippen LogP contribution is -2.09. The fraction of sp³-hybridized carbons (Fsp3) is 0.0690. The van der Waals surface area contributed by atoms with E-state index in [4.69, 9.17) is 0 Å². The van der Waals surface area contributed by atoms with Crippen LogP contribution in [-0.4, -0.2) is 10.9 Å². The van der Waals surface area contributed by atoms with Crippen LogP contribution in [0.15, 0.2) is 103 Å². The number of benzene rings is 4. The number of nitrogens with zero attached hydrogens (tertiary/aromatic N) is 1. The molecule has 0 aromatic heterocycles. The largest absolute Gasteiger partial charge is 0.507 e. The second-order valence-electron chi connectivity index (χ2n) is 7.81. The van der Waals surface area contributed by atoms with Gasteiger partial charge in [-0.05, 0) is 74.0 Å². The predicted octanol–water partition coefficient (Wildman–Crippen LogP) is 7.37. The Morgan fingerprint density at radius 2 is 1.16 bits per heavy atom. The van der Waals surface area contributed by atoms with Gasteiger partial charge in [-0.2, -0.15) is 0 Å². The highest BCUT2D eigenvalue weighted by Gasteiger charge is 2.12. The first kappa shape index (κ1) is 21.1. The van der Waals surface area contributed by atoms with Gasteiger partial charge in [-0.3, -0.25) is 4.79 Å². The van der Waals surface area contributed by atoms with E-state index in [1.54, 1.807) is 24.3 Å². The SMILES string of the molecule is Cc1ccc(N(c2ccc(C)cc2)c2ccc(C=CC(=O)c3ccccc3O)cc2)cc1. The van der Waals surface area contributed by atoms with Gasteiger partial charge in [0.15, 0.2) is 5.78 Å². The van der Waals surface area contributed by atoms with E-state index in [-0.39, 0.29) is 11.5 Å². The average Bonchev–Trinajstić information content (AvgIpc) is 2.81. The number of phenols is 1. The van der Waals surface area contributed by atoms with Crippen molar-refractivity contribution in [2.24, 2.45) is 0 Å². The van der Waals surface area contributed by atoms with Gasteiger partial charge in [0.05, 0.1) is 5.56 Å².